The van der Waals surface area contributed by atoms with Gasteiger partial charge >= 0.3 is 41.7 Å². The highest BCUT2D eigenvalue weighted by atomic mass is 19.4. The number of hydrogen-bond acceptors (Lipinski definition) is 1. The van der Waals surface area contributed by atoms with Crippen LogP contribution in [0.4, 0.5) is 65.9 Å². The molecule has 0 saturated heterocycles. The summed E-state index contributed by atoms with van der Waals surface area (Å²) in [5.74, 6) is -47.3. The third kappa shape index (κ3) is 3.91. The summed E-state index contributed by atoms with van der Waals surface area (Å²) in [6, 6.07) is 5.10. The molecule has 1 rings (SSSR count). The lowest BCUT2D eigenvalue weighted by Crippen LogP contribution is -2.73. The maximum Gasteiger partial charge on any atom is 0.460 e. The Labute approximate surface area is 162 Å². The fraction of sp³-hybridized carbons (Fsp3) is 0.600. The second-order valence-corrected chi connectivity index (χ2v) is 6.20. The van der Waals surface area contributed by atoms with Gasteiger partial charge in [0.25, 0.3) is 0 Å². The first-order valence-electron chi connectivity index (χ1n) is 7.55. The van der Waals surface area contributed by atoms with E-state index in [4.69, 9.17) is 5.11 Å². The van der Waals surface area contributed by atoms with Crippen LogP contribution in [0.2, 0.25) is 0 Å². The van der Waals surface area contributed by atoms with Gasteiger partial charge in [0.2, 0.25) is 0 Å². The van der Waals surface area contributed by atoms with Crippen LogP contribution in [0.1, 0.15) is 5.56 Å². The first kappa shape index (κ1) is 27.2. The van der Waals surface area contributed by atoms with Gasteiger partial charge in [-0.05, 0) is 5.56 Å². The van der Waals surface area contributed by atoms with Gasteiger partial charge in [0.05, 0.1) is 0 Å². The summed E-state index contributed by atoms with van der Waals surface area (Å²) in [7, 11) is 0. The zero-order valence-electron chi connectivity index (χ0n) is 14.3. The van der Waals surface area contributed by atoms with Crippen molar-refractivity contribution >= 4 is 0 Å². The molecule has 180 valence electrons. The van der Waals surface area contributed by atoms with Crippen molar-refractivity contribution in [2.45, 2.75) is 54.2 Å². The van der Waals surface area contributed by atoms with Gasteiger partial charge in [-0.25, -0.2) is 0 Å². The van der Waals surface area contributed by atoms with Crippen molar-refractivity contribution in [3.05, 3.63) is 35.9 Å². The summed E-state index contributed by atoms with van der Waals surface area (Å²) in [6.45, 7) is 0. The van der Waals surface area contributed by atoms with Crippen molar-refractivity contribution < 1.29 is 71.0 Å². The molecule has 0 radical (unpaired) electrons. The molecular formula is C15H9F15O. The minimum atomic E-state index is -8.36. The summed E-state index contributed by atoms with van der Waals surface area (Å²) >= 11 is 0. The van der Waals surface area contributed by atoms with E-state index < -0.39 is 59.8 Å². The molecule has 1 atom stereocenters. The van der Waals surface area contributed by atoms with E-state index in [1.54, 1.807) is 0 Å². The first-order valence-corrected chi connectivity index (χ1v) is 7.55. The van der Waals surface area contributed by atoms with Crippen LogP contribution in [0.25, 0.3) is 0 Å². The standard InChI is InChI=1S/C15H9F15O/c16-9(17,8(31)6-7-4-2-1-3-5-7)10(18,19)11(20,21)12(22,23)13(24,25)14(26,27)15(28,29)30/h1-5,8,31H,6H2. The van der Waals surface area contributed by atoms with Crippen LogP contribution in [-0.4, -0.2) is 52.9 Å². The maximum atomic E-state index is 13.8. The van der Waals surface area contributed by atoms with E-state index in [0.717, 1.165) is 24.3 Å². The number of halogens is 15. The molecule has 1 aromatic carbocycles. The molecule has 0 spiro atoms. The Balaban J connectivity index is 3.47. The molecule has 0 bridgehead atoms. The van der Waals surface area contributed by atoms with E-state index in [1.807, 2.05) is 0 Å². The smallest absolute Gasteiger partial charge is 0.386 e. The Kier molecular flexibility index (Phi) is 6.68. The SMILES string of the molecule is OC(Cc1ccccc1)C(F)(F)C(F)(F)C(F)(F)C(F)(F)C(F)(F)C(F)(F)C(F)(F)F. The van der Waals surface area contributed by atoms with Crippen molar-refractivity contribution in [3.63, 3.8) is 0 Å². The average molecular weight is 490 g/mol. The van der Waals surface area contributed by atoms with Crippen LogP contribution < -0.4 is 0 Å². The molecular weight excluding hydrogens is 481 g/mol. The summed E-state index contributed by atoms with van der Waals surface area (Å²) < 4.78 is 196. The Morgan fingerprint density at radius 3 is 1.29 bits per heavy atom. The van der Waals surface area contributed by atoms with Crippen LogP contribution >= 0.6 is 0 Å². The molecule has 0 amide bonds. The Bertz CT molecular complexity index is 753. The van der Waals surface area contributed by atoms with Crippen LogP contribution in [-0.2, 0) is 6.42 Å². The number of alkyl halides is 15. The van der Waals surface area contributed by atoms with Gasteiger partial charge in [-0.3, -0.25) is 0 Å². The largest absolute Gasteiger partial charge is 0.460 e. The van der Waals surface area contributed by atoms with Crippen LogP contribution in [0.15, 0.2) is 30.3 Å². The zero-order chi connectivity index (χ0) is 24.9. The van der Waals surface area contributed by atoms with Gasteiger partial charge in [-0.15, -0.1) is 0 Å². The highest BCUT2D eigenvalue weighted by molar-refractivity contribution is 5.18. The molecule has 1 nitrogen and oxygen atoms in total. The quantitative estimate of drug-likeness (QED) is 0.446. The molecule has 0 aromatic heterocycles. The Morgan fingerprint density at radius 1 is 0.548 bits per heavy atom. The van der Waals surface area contributed by atoms with E-state index in [9.17, 15) is 65.9 Å². The lowest BCUT2D eigenvalue weighted by molar-refractivity contribution is -0.455. The van der Waals surface area contributed by atoms with Gasteiger partial charge in [0.15, 0.2) is 0 Å². The highest BCUT2D eigenvalue weighted by Crippen LogP contribution is 2.62. The Morgan fingerprint density at radius 2 is 0.903 bits per heavy atom. The van der Waals surface area contributed by atoms with Gasteiger partial charge < -0.3 is 5.11 Å². The molecule has 0 heterocycles. The third-order valence-corrected chi connectivity index (χ3v) is 4.04. The highest BCUT2D eigenvalue weighted by Gasteiger charge is 2.93. The number of hydrogen-bond donors (Lipinski definition) is 1. The van der Waals surface area contributed by atoms with Gasteiger partial charge in [-0.1, -0.05) is 30.3 Å². The number of benzene rings is 1. The second kappa shape index (κ2) is 7.62. The predicted molar refractivity (Wildman–Crippen MR) is 71.9 cm³/mol. The topological polar surface area (TPSA) is 20.2 Å². The minimum absolute atomic E-state index is 0.463. The van der Waals surface area contributed by atoms with Crippen molar-refractivity contribution in [2.75, 3.05) is 0 Å². The summed E-state index contributed by atoms with van der Waals surface area (Å²) in [6.07, 6.45) is -13.3. The fourth-order valence-corrected chi connectivity index (χ4v) is 2.15. The number of aliphatic hydroxyl groups excluding tert-OH is 1. The van der Waals surface area contributed by atoms with Crippen molar-refractivity contribution in [1.82, 2.24) is 0 Å². The minimum Gasteiger partial charge on any atom is -0.386 e. The Hall–Kier alpha value is -1.87. The second-order valence-electron chi connectivity index (χ2n) is 6.20. The summed E-state index contributed by atoms with van der Waals surface area (Å²) in [4.78, 5) is 0. The summed E-state index contributed by atoms with van der Waals surface area (Å²) in [5, 5.41) is 9.16. The van der Waals surface area contributed by atoms with E-state index in [2.05, 4.69) is 0 Å². The molecule has 1 aromatic rings. The molecule has 0 fully saturated rings. The normalized spacial score (nSPS) is 16.4. The average Bonchev–Trinajstić information content (AvgIpc) is 2.60. The van der Waals surface area contributed by atoms with Gasteiger partial charge in [-0.2, -0.15) is 65.9 Å². The van der Waals surface area contributed by atoms with Crippen LogP contribution in [0, 0.1) is 0 Å². The van der Waals surface area contributed by atoms with Crippen LogP contribution in [0.3, 0.4) is 0 Å². The lowest BCUT2D eigenvalue weighted by atomic mass is 9.88. The molecule has 1 N–H and O–H groups in total. The molecule has 0 aliphatic carbocycles. The molecule has 31 heavy (non-hydrogen) atoms. The monoisotopic (exact) mass is 490 g/mol. The van der Waals surface area contributed by atoms with Gasteiger partial charge in [0, 0.05) is 6.42 Å². The molecule has 16 heteroatoms. The lowest BCUT2D eigenvalue weighted by Gasteiger charge is -2.42. The molecule has 0 aliphatic rings. The first-order chi connectivity index (χ1) is 13.5. The molecule has 0 aliphatic heterocycles. The zero-order valence-corrected chi connectivity index (χ0v) is 14.3. The van der Waals surface area contributed by atoms with Crippen molar-refractivity contribution in [3.8, 4) is 0 Å². The summed E-state index contributed by atoms with van der Waals surface area (Å²) in [5.41, 5.74) is -0.463. The van der Waals surface area contributed by atoms with Crippen molar-refractivity contribution in [1.29, 1.82) is 0 Å². The number of aliphatic hydroxyl groups is 1. The van der Waals surface area contributed by atoms with E-state index >= 15 is 0 Å². The van der Waals surface area contributed by atoms with Crippen molar-refractivity contribution in [2.24, 2.45) is 0 Å². The molecule has 0 saturated carbocycles. The fourth-order valence-electron chi connectivity index (χ4n) is 2.15. The van der Waals surface area contributed by atoms with Crippen LogP contribution in [0.5, 0.6) is 0 Å². The molecule has 1 unspecified atom stereocenters. The predicted octanol–water partition coefficient (Wildman–Crippen LogP) is 5.96. The van der Waals surface area contributed by atoms with E-state index in [0.29, 0.717) is 0 Å². The number of rotatable bonds is 8. The maximum absolute atomic E-state index is 13.8. The van der Waals surface area contributed by atoms with E-state index in [-0.39, 0.29) is 0 Å². The third-order valence-electron chi connectivity index (χ3n) is 4.04. The van der Waals surface area contributed by atoms with Gasteiger partial charge in [0.1, 0.15) is 6.10 Å². The van der Waals surface area contributed by atoms with E-state index in [1.165, 1.54) is 6.07 Å².